The van der Waals surface area contributed by atoms with Gasteiger partial charge in [-0.15, -0.1) is 0 Å². The fourth-order valence-electron chi connectivity index (χ4n) is 3.37. The molecular formula is C16H18ClN3O3S. The molecule has 0 N–H and O–H groups in total. The highest BCUT2D eigenvalue weighted by molar-refractivity contribution is 7.89. The molecule has 1 atom stereocenters. The SMILES string of the molecule is N#Cc1ccc(S(=O)(=O)N2CCCC(N3CCCC3=O)C2)c(Cl)c1. The Bertz CT molecular complexity index is 803. The number of sulfonamides is 1. The van der Waals surface area contributed by atoms with Crippen molar-refractivity contribution in [2.45, 2.75) is 36.6 Å². The maximum absolute atomic E-state index is 12.9. The van der Waals surface area contributed by atoms with E-state index in [0.29, 0.717) is 38.0 Å². The lowest BCUT2D eigenvalue weighted by Crippen LogP contribution is -2.50. The van der Waals surface area contributed by atoms with Gasteiger partial charge in [0.25, 0.3) is 0 Å². The van der Waals surface area contributed by atoms with Gasteiger partial charge in [-0.1, -0.05) is 11.6 Å². The van der Waals surface area contributed by atoms with Gasteiger partial charge in [-0.05, 0) is 37.5 Å². The van der Waals surface area contributed by atoms with Gasteiger partial charge in [-0.25, -0.2) is 8.42 Å². The first kappa shape index (κ1) is 17.2. The fourth-order valence-corrected chi connectivity index (χ4v) is 5.40. The number of benzene rings is 1. The zero-order chi connectivity index (χ0) is 17.3. The number of carbonyl (C=O) groups excluding carboxylic acids is 1. The van der Waals surface area contributed by atoms with Crippen LogP contribution < -0.4 is 0 Å². The third-order valence-electron chi connectivity index (χ3n) is 4.59. The van der Waals surface area contributed by atoms with E-state index in [-0.39, 0.29) is 21.9 Å². The summed E-state index contributed by atoms with van der Waals surface area (Å²) in [5, 5.41) is 8.93. The molecule has 2 heterocycles. The third-order valence-corrected chi connectivity index (χ3v) is 6.94. The van der Waals surface area contributed by atoms with Gasteiger partial charge in [0.2, 0.25) is 15.9 Å². The van der Waals surface area contributed by atoms with E-state index in [0.717, 1.165) is 12.8 Å². The van der Waals surface area contributed by atoms with Gasteiger partial charge in [-0.3, -0.25) is 4.79 Å². The summed E-state index contributed by atoms with van der Waals surface area (Å²) >= 11 is 6.08. The van der Waals surface area contributed by atoms with Gasteiger partial charge in [0.1, 0.15) is 4.90 Å². The molecule has 24 heavy (non-hydrogen) atoms. The van der Waals surface area contributed by atoms with E-state index in [1.807, 2.05) is 11.0 Å². The highest BCUT2D eigenvalue weighted by Crippen LogP contribution is 2.29. The van der Waals surface area contributed by atoms with Crippen LogP contribution in [-0.2, 0) is 14.8 Å². The van der Waals surface area contributed by atoms with Crippen molar-refractivity contribution in [3.63, 3.8) is 0 Å². The van der Waals surface area contributed by atoms with E-state index in [1.54, 1.807) is 0 Å². The lowest BCUT2D eigenvalue weighted by Gasteiger charge is -2.37. The first-order valence-electron chi connectivity index (χ1n) is 7.93. The van der Waals surface area contributed by atoms with Crippen molar-refractivity contribution in [3.05, 3.63) is 28.8 Å². The van der Waals surface area contributed by atoms with E-state index in [9.17, 15) is 13.2 Å². The van der Waals surface area contributed by atoms with Crippen LogP contribution in [0.15, 0.2) is 23.1 Å². The van der Waals surface area contributed by atoms with Crippen molar-refractivity contribution >= 4 is 27.5 Å². The molecule has 8 heteroatoms. The van der Waals surface area contributed by atoms with Crippen LogP contribution in [0.2, 0.25) is 5.02 Å². The zero-order valence-electron chi connectivity index (χ0n) is 13.1. The number of nitriles is 1. The van der Waals surface area contributed by atoms with Crippen molar-refractivity contribution in [1.82, 2.24) is 9.21 Å². The zero-order valence-corrected chi connectivity index (χ0v) is 14.7. The summed E-state index contributed by atoms with van der Waals surface area (Å²) in [5.74, 6) is 0.107. The number of piperidine rings is 1. The van der Waals surface area contributed by atoms with Crippen LogP contribution in [0.4, 0.5) is 0 Å². The molecule has 0 bridgehead atoms. The Kier molecular flexibility index (Phi) is 4.81. The van der Waals surface area contributed by atoms with Gasteiger partial charge in [-0.2, -0.15) is 9.57 Å². The van der Waals surface area contributed by atoms with Crippen molar-refractivity contribution < 1.29 is 13.2 Å². The molecule has 0 radical (unpaired) electrons. The topological polar surface area (TPSA) is 81.5 Å². The molecule has 1 aromatic carbocycles. The summed E-state index contributed by atoms with van der Waals surface area (Å²) in [7, 11) is -3.74. The Labute approximate surface area is 146 Å². The number of amides is 1. The average Bonchev–Trinajstić information content (AvgIpc) is 3.00. The predicted molar refractivity (Wildman–Crippen MR) is 88.9 cm³/mol. The molecular weight excluding hydrogens is 350 g/mol. The largest absolute Gasteiger partial charge is 0.338 e. The first-order chi connectivity index (χ1) is 11.4. The quantitative estimate of drug-likeness (QED) is 0.818. The van der Waals surface area contributed by atoms with E-state index in [2.05, 4.69) is 0 Å². The molecule has 0 aliphatic carbocycles. The van der Waals surface area contributed by atoms with Crippen LogP contribution in [0, 0.1) is 11.3 Å². The molecule has 1 unspecified atom stereocenters. The molecule has 128 valence electrons. The Morgan fingerprint density at radius 2 is 2.04 bits per heavy atom. The van der Waals surface area contributed by atoms with Crippen molar-refractivity contribution in [2.24, 2.45) is 0 Å². The van der Waals surface area contributed by atoms with E-state index >= 15 is 0 Å². The van der Waals surface area contributed by atoms with E-state index in [4.69, 9.17) is 16.9 Å². The molecule has 2 aliphatic heterocycles. The van der Waals surface area contributed by atoms with E-state index in [1.165, 1.54) is 22.5 Å². The van der Waals surface area contributed by atoms with E-state index < -0.39 is 10.0 Å². The maximum atomic E-state index is 12.9. The van der Waals surface area contributed by atoms with Crippen LogP contribution in [0.25, 0.3) is 0 Å². The lowest BCUT2D eigenvalue weighted by atomic mass is 10.1. The molecule has 2 fully saturated rings. The molecule has 2 aliphatic rings. The molecule has 1 amide bonds. The second-order valence-electron chi connectivity index (χ2n) is 6.11. The number of rotatable bonds is 3. The average molecular weight is 368 g/mol. The van der Waals surface area contributed by atoms with Crippen LogP contribution in [0.5, 0.6) is 0 Å². The molecule has 0 aromatic heterocycles. The summed E-state index contributed by atoms with van der Waals surface area (Å²) in [4.78, 5) is 13.7. The molecule has 3 rings (SSSR count). The summed E-state index contributed by atoms with van der Waals surface area (Å²) in [5.41, 5.74) is 0.318. The highest BCUT2D eigenvalue weighted by Gasteiger charge is 2.36. The molecule has 1 aromatic rings. The van der Waals surface area contributed by atoms with Crippen molar-refractivity contribution in [1.29, 1.82) is 5.26 Å². The third kappa shape index (κ3) is 3.14. The first-order valence-corrected chi connectivity index (χ1v) is 9.74. The molecule has 0 spiro atoms. The normalized spacial score (nSPS) is 22.6. The summed E-state index contributed by atoms with van der Waals surface area (Å²) < 4.78 is 27.2. The Morgan fingerprint density at radius 3 is 2.67 bits per heavy atom. The van der Waals surface area contributed by atoms with Gasteiger partial charge in [0, 0.05) is 32.1 Å². The number of halogens is 1. The molecule has 2 saturated heterocycles. The van der Waals surface area contributed by atoms with Gasteiger partial charge in [0.15, 0.2) is 0 Å². The minimum Gasteiger partial charge on any atom is -0.338 e. The van der Waals surface area contributed by atoms with Gasteiger partial charge >= 0.3 is 0 Å². The number of nitrogens with zero attached hydrogens (tertiary/aromatic N) is 3. The highest BCUT2D eigenvalue weighted by atomic mass is 35.5. The Morgan fingerprint density at radius 1 is 1.25 bits per heavy atom. The monoisotopic (exact) mass is 367 g/mol. The standard InChI is InChI=1S/C16H18ClN3O3S/c17-14-9-12(10-18)5-6-15(14)24(22,23)19-7-1-3-13(11-19)20-8-2-4-16(20)21/h5-6,9,13H,1-4,7-8,11H2. The number of hydrogen-bond donors (Lipinski definition) is 0. The van der Waals surface area contributed by atoms with Crippen molar-refractivity contribution in [3.8, 4) is 6.07 Å². The summed E-state index contributed by atoms with van der Waals surface area (Å²) in [6.45, 7) is 1.41. The molecule has 6 nitrogen and oxygen atoms in total. The van der Waals surface area contributed by atoms with Crippen LogP contribution in [-0.4, -0.2) is 49.2 Å². The number of hydrogen-bond acceptors (Lipinski definition) is 4. The van der Waals surface area contributed by atoms with Crippen LogP contribution >= 0.6 is 11.6 Å². The van der Waals surface area contributed by atoms with Crippen LogP contribution in [0.1, 0.15) is 31.2 Å². The number of likely N-dealkylation sites (tertiary alicyclic amines) is 1. The minimum absolute atomic E-state index is 0.0107. The second kappa shape index (κ2) is 6.71. The Hall–Kier alpha value is -1.62. The predicted octanol–water partition coefficient (Wildman–Crippen LogP) is 1.99. The Balaban J connectivity index is 1.84. The summed E-state index contributed by atoms with van der Waals surface area (Å²) in [6.07, 6.45) is 2.91. The number of carbonyl (C=O) groups is 1. The fraction of sp³-hybridized carbons (Fsp3) is 0.500. The smallest absolute Gasteiger partial charge is 0.244 e. The lowest BCUT2D eigenvalue weighted by molar-refractivity contribution is -0.130. The molecule has 0 saturated carbocycles. The maximum Gasteiger partial charge on any atom is 0.244 e. The minimum atomic E-state index is -3.74. The van der Waals surface area contributed by atoms with Gasteiger partial charge in [0.05, 0.1) is 16.7 Å². The second-order valence-corrected chi connectivity index (χ2v) is 8.42. The van der Waals surface area contributed by atoms with Crippen LogP contribution in [0.3, 0.4) is 0 Å². The van der Waals surface area contributed by atoms with Gasteiger partial charge < -0.3 is 4.90 Å². The summed E-state index contributed by atoms with van der Waals surface area (Å²) in [6, 6.07) is 6.05. The van der Waals surface area contributed by atoms with Crippen molar-refractivity contribution in [2.75, 3.05) is 19.6 Å².